The van der Waals surface area contributed by atoms with Crippen LogP contribution in [-0.4, -0.2) is 134 Å². The molecule has 1 fully saturated rings. The number of nitrogens with one attached hydrogen (secondary N) is 3. The third-order valence-corrected chi connectivity index (χ3v) is 12.2. The van der Waals surface area contributed by atoms with Crippen molar-refractivity contribution in [3.63, 3.8) is 0 Å². The van der Waals surface area contributed by atoms with E-state index < -0.39 is 71.8 Å². The zero-order chi connectivity index (χ0) is 45.7. The van der Waals surface area contributed by atoms with E-state index in [0.29, 0.717) is 55.1 Å². The van der Waals surface area contributed by atoms with Crippen molar-refractivity contribution in [2.24, 2.45) is 0 Å². The lowest BCUT2D eigenvalue weighted by Gasteiger charge is -2.33. The Labute approximate surface area is 367 Å². The second-order valence-corrected chi connectivity index (χ2v) is 16.3. The normalized spacial score (nSPS) is 18.8. The molecule has 0 bridgehead atoms. The summed E-state index contributed by atoms with van der Waals surface area (Å²) in [4.78, 5) is 98.5. The van der Waals surface area contributed by atoms with Gasteiger partial charge in [-0.1, -0.05) is 0 Å². The number of cyclic esters (lactones) is 1. The van der Waals surface area contributed by atoms with Crippen LogP contribution in [0.15, 0.2) is 16.9 Å². The van der Waals surface area contributed by atoms with Crippen LogP contribution in [0.5, 0.6) is 0 Å². The number of hydrogen-bond acceptors (Lipinski definition) is 14. The molecule has 3 aliphatic heterocycles. The van der Waals surface area contributed by atoms with E-state index >= 15 is 4.39 Å². The van der Waals surface area contributed by atoms with Gasteiger partial charge >= 0.3 is 17.9 Å². The maximum Gasteiger partial charge on any atom is 0.355 e. The SMILES string of the molecule is CNCCOCCOCCOCCC(=O)N[C@@H](CC(=O)O)C(=O)N1CCC[C@H]1C(=O)NCC(=O)O[C@]1(C)C(=O)OCc2c1cc1n(c2=O)Cc2c-1nc1cc(F)c(C)c3c1c2CCC3. The molecule has 3 amide bonds. The van der Waals surface area contributed by atoms with Gasteiger partial charge in [0.25, 0.3) is 5.56 Å². The first kappa shape index (κ1) is 46.2. The number of carboxylic acids is 1. The molecule has 64 heavy (non-hydrogen) atoms. The number of halogens is 1. The molecule has 1 saturated heterocycles. The largest absolute Gasteiger partial charge is 0.481 e. The van der Waals surface area contributed by atoms with Crippen molar-refractivity contribution < 1.29 is 61.9 Å². The van der Waals surface area contributed by atoms with Gasteiger partial charge in [0.15, 0.2) is 0 Å². The molecule has 1 aromatic carbocycles. The molecule has 20 heteroatoms. The maximum absolute atomic E-state index is 15.0. The van der Waals surface area contributed by atoms with E-state index in [-0.39, 0.29) is 69.3 Å². The highest BCUT2D eigenvalue weighted by Crippen LogP contribution is 2.43. The van der Waals surface area contributed by atoms with Crippen molar-refractivity contribution in [3.8, 4) is 11.4 Å². The van der Waals surface area contributed by atoms with Crippen LogP contribution in [0, 0.1) is 12.7 Å². The molecule has 0 spiro atoms. The number of esters is 2. The Balaban J connectivity index is 0.971. The van der Waals surface area contributed by atoms with Gasteiger partial charge in [0.2, 0.25) is 23.3 Å². The summed E-state index contributed by atoms with van der Waals surface area (Å²) in [7, 11) is 1.82. The average molecular weight is 893 g/mol. The summed E-state index contributed by atoms with van der Waals surface area (Å²) >= 11 is 0. The first-order valence-electron chi connectivity index (χ1n) is 21.5. The van der Waals surface area contributed by atoms with Gasteiger partial charge in [-0.2, -0.15) is 0 Å². The molecule has 344 valence electrons. The molecule has 2 aromatic heterocycles. The van der Waals surface area contributed by atoms with Crippen molar-refractivity contribution in [2.75, 3.05) is 66.3 Å². The number of likely N-dealkylation sites (N-methyl/N-ethyl adjacent to an activating group) is 1. The number of hydrogen-bond donors (Lipinski definition) is 4. The first-order chi connectivity index (χ1) is 30.7. The summed E-state index contributed by atoms with van der Waals surface area (Å²) in [5.41, 5.74) is 2.29. The third-order valence-electron chi connectivity index (χ3n) is 12.2. The van der Waals surface area contributed by atoms with Crippen LogP contribution in [0.2, 0.25) is 0 Å². The number of carbonyl (C=O) groups excluding carboxylic acids is 5. The minimum Gasteiger partial charge on any atom is -0.481 e. The fraction of sp³-hybridized carbons (Fsp3) is 0.545. The molecule has 3 atom stereocenters. The monoisotopic (exact) mass is 892 g/mol. The smallest absolute Gasteiger partial charge is 0.355 e. The van der Waals surface area contributed by atoms with Gasteiger partial charge in [0, 0.05) is 42.1 Å². The van der Waals surface area contributed by atoms with Crippen molar-refractivity contribution in [1.82, 2.24) is 30.4 Å². The number of carbonyl (C=O) groups is 6. The van der Waals surface area contributed by atoms with Gasteiger partial charge in [-0.15, -0.1) is 0 Å². The predicted molar refractivity (Wildman–Crippen MR) is 223 cm³/mol. The second kappa shape index (κ2) is 19.9. The molecule has 7 rings (SSSR count). The summed E-state index contributed by atoms with van der Waals surface area (Å²) in [6.45, 7) is 4.79. The number of aromatic nitrogens is 2. The fourth-order valence-corrected chi connectivity index (χ4v) is 8.92. The fourth-order valence-electron chi connectivity index (χ4n) is 8.92. The van der Waals surface area contributed by atoms with E-state index in [0.717, 1.165) is 46.4 Å². The number of nitrogens with zero attached hydrogens (tertiary/aromatic N) is 3. The molecular weight excluding hydrogens is 840 g/mol. The number of amides is 3. The van der Waals surface area contributed by atoms with Crippen molar-refractivity contribution >= 4 is 46.5 Å². The number of benzene rings is 1. The molecule has 3 aromatic rings. The number of aryl methyl sites for hydroxylation is 2. The van der Waals surface area contributed by atoms with Gasteiger partial charge in [-0.3, -0.25) is 28.8 Å². The van der Waals surface area contributed by atoms with Crippen LogP contribution < -0.4 is 21.5 Å². The molecule has 0 saturated carbocycles. The Bertz CT molecular complexity index is 2420. The van der Waals surface area contributed by atoms with E-state index in [1.54, 1.807) is 13.0 Å². The van der Waals surface area contributed by atoms with Gasteiger partial charge in [-0.25, -0.2) is 14.2 Å². The molecule has 19 nitrogen and oxygen atoms in total. The minimum absolute atomic E-state index is 0.0134. The summed E-state index contributed by atoms with van der Waals surface area (Å²) in [5, 5.41) is 18.3. The number of fused-ring (bicyclic) bond motifs is 5. The molecule has 0 unspecified atom stereocenters. The van der Waals surface area contributed by atoms with Gasteiger partial charge in [0.05, 0.1) is 75.1 Å². The predicted octanol–water partition coefficient (Wildman–Crippen LogP) is 0.903. The van der Waals surface area contributed by atoms with E-state index in [9.17, 15) is 38.7 Å². The topological polar surface area (TPSA) is 243 Å². The number of aliphatic carboxylic acids is 1. The number of rotatable bonds is 20. The van der Waals surface area contributed by atoms with Crippen LogP contribution in [0.4, 0.5) is 4.39 Å². The zero-order valence-electron chi connectivity index (χ0n) is 36.1. The summed E-state index contributed by atoms with van der Waals surface area (Å²) in [6.07, 6.45) is 1.90. The Hall–Kier alpha value is -5.83. The van der Waals surface area contributed by atoms with Gasteiger partial charge in [-0.05, 0) is 75.8 Å². The third kappa shape index (κ3) is 9.50. The number of likely N-dealkylation sites (tertiary alicyclic amines) is 1. The quantitative estimate of drug-likeness (QED) is 0.0712. The average Bonchev–Trinajstić information content (AvgIpc) is 3.91. The van der Waals surface area contributed by atoms with Crippen molar-refractivity contribution in [1.29, 1.82) is 0 Å². The highest BCUT2D eigenvalue weighted by atomic mass is 19.1. The lowest BCUT2D eigenvalue weighted by Crippen LogP contribution is -2.54. The Morgan fingerprint density at radius 3 is 2.44 bits per heavy atom. The van der Waals surface area contributed by atoms with Crippen molar-refractivity contribution in [3.05, 3.63) is 61.7 Å². The Morgan fingerprint density at radius 1 is 0.984 bits per heavy atom. The first-order valence-corrected chi connectivity index (χ1v) is 21.5. The number of pyridine rings is 2. The maximum atomic E-state index is 15.0. The van der Waals surface area contributed by atoms with E-state index in [1.807, 2.05) is 7.05 Å². The standard InChI is InChI=1S/C44H53FN6O13/c1-24-25-6-4-7-26-27-22-51-34(39(27)49-31(38(25)26)19-30(24)45)18-29-28(41(51)57)23-63-43(59)44(29,2)64-37(55)21-47-40(56)33-8-5-11-50(33)42(58)32(20-36(53)54)48-35(52)9-12-60-14-16-62-17-15-61-13-10-46-3/h18-19,32-33,46H,4-17,20-23H2,1-3H3,(H,47,56)(H,48,52)(H,53,54)/t32-,33-,44-/m0/s1. The Morgan fingerprint density at radius 2 is 1.70 bits per heavy atom. The second-order valence-electron chi connectivity index (χ2n) is 16.3. The molecule has 1 aliphatic carbocycles. The summed E-state index contributed by atoms with van der Waals surface area (Å²) < 4.78 is 43.8. The summed E-state index contributed by atoms with van der Waals surface area (Å²) in [5.74, 6) is -5.88. The van der Waals surface area contributed by atoms with Gasteiger partial charge in [0.1, 0.15) is 31.1 Å². The molecule has 4 aliphatic rings. The van der Waals surface area contributed by atoms with Crippen LogP contribution in [-0.2, 0) is 84.0 Å². The summed E-state index contributed by atoms with van der Waals surface area (Å²) in [6, 6.07) is 0.394. The van der Waals surface area contributed by atoms with Crippen LogP contribution in [0.25, 0.3) is 22.3 Å². The van der Waals surface area contributed by atoms with E-state index in [4.69, 9.17) is 28.7 Å². The van der Waals surface area contributed by atoms with Crippen molar-refractivity contribution in [2.45, 2.75) is 89.6 Å². The van der Waals surface area contributed by atoms with E-state index in [2.05, 4.69) is 16.0 Å². The van der Waals surface area contributed by atoms with Gasteiger partial charge < -0.3 is 54.2 Å². The molecule has 0 radical (unpaired) electrons. The molecule has 5 heterocycles. The molecule has 4 N–H and O–H groups in total. The Kier molecular flexibility index (Phi) is 14.4. The number of ether oxygens (including phenoxy) is 5. The lowest BCUT2D eigenvalue weighted by atomic mass is 9.84. The highest BCUT2D eigenvalue weighted by molar-refractivity contribution is 5.96. The van der Waals surface area contributed by atoms with Crippen LogP contribution >= 0.6 is 0 Å². The zero-order valence-corrected chi connectivity index (χ0v) is 36.1. The minimum atomic E-state index is -2.11. The lowest BCUT2D eigenvalue weighted by molar-refractivity contribution is -0.185. The number of carboxylic acid groups (broad SMARTS) is 1. The van der Waals surface area contributed by atoms with Crippen LogP contribution in [0.1, 0.15) is 72.4 Å². The molecular formula is C44H53FN6O13. The highest BCUT2D eigenvalue weighted by Gasteiger charge is 2.48. The van der Waals surface area contributed by atoms with Crippen LogP contribution in [0.3, 0.4) is 0 Å². The van der Waals surface area contributed by atoms with E-state index in [1.165, 1.54) is 17.6 Å².